The van der Waals surface area contributed by atoms with Crippen LogP contribution in [0.3, 0.4) is 0 Å². The van der Waals surface area contributed by atoms with E-state index in [4.69, 9.17) is 4.74 Å². The Bertz CT molecular complexity index is 1170. The SMILES string of the molecule is CC(=O)c1ccc(NC(=O)[C@H](C)OC(=O)c2nn(C)c(=O)c3ccccc23)cc1. The molecule has 0 aliphatic rings. The number of benzene rings is 2. The normalized spacial score (nSPS) is 11.7. The fourth-order valence-corrected chi connectivity index (χ4v) is 2.75. The van der Waals surface area contributed by atoms with E-state index in [-0.39, 0.29) is 17.0 Å². The van der Waals surface area contributed by atoms with Gasteiger partial charge in [-0.1, -0.05) is 18.2 Å². The fourth-order valence-electron chi connectivity index (χ4n) is 2.75. The number of fused-ring (bicyclic) bond motifs is 1. The lowest BCUT2D eigenvalue weighted by Gasteiger charge is -2.14. The number of ether oxygens (including phenoxy) is 1. The molecule has 0 aliphatic heterocycles. The van der Waals surface area contributed by atoms with E-state index in [0.29, 0.717) is 22.0 Å². The standard InChI is InChI=1S/C21H19N3O5/c1-12(25)14-8-10-15(11-9-14)22-19(26)13(2)29-21(28)18-16-6-4-5-7-17(16)20(27)24(3)23-18/h4-11,13H,1-3H3,(H,22,26)/t13-/m0/s1. The Balaban J connectivity index is 1.76. The van der Waals surface area contributed by atoms with E-state index in [2.05, 4.69) is 10.4 Å². The molecule has 8 heteroatoms. The van der Waals surface area contributed by atoms with Crippen LogP contribution in [0, 0.1) is 0 Å². The van der Waals surface area contributed by atoms with Crippen molar-refractivity contribution in [1.82, 2.24) is 9.78 Å². The zero-order valence-electron chi connectivity index (χ0n) is 16.1. The molecular weight excluding hydrogens is 374 g/mol. The van der Waals surface area contributed by atoms with Crippen molar-refractivity contribution in [2.75, 3.05) is 5.32 Å². The van der Waals surface area contributed by atoms with Crippen LogP contribution in [0.25, 0.3) is 10.8 Å². The first-order valence-electron chi connectivity index (χ1n) is 8.87. The molecule has 0 spiro atoms. The summed E-state index contributed by atoms with van der Waals surface area (Å²) >= 11 is 0. The number of anilines is 1. The molecule has 0 saturated carbocycles. The zero-order valence-corrected chi connectivity index (χ0v) is 16.1. The highest BCUT2D eigenvalue weighted by Gasteiger charge is 2.23. The predicted molar refractivity (Wildman–Crippen MR) is 107 cm³/mol. The van der Waals surface area contributed by atoms with Gasteiger partial charge in [0.2, 0.25) is 0 Å². The Hall–Kier alpha value is -3.81. The largest absolute Gasteiger partial charge is 0.448 e. The molecule has 3 rings (SSSR count). The van der Waals surface area contributed by atoms with E-state index >= 15 is 0 Å². The number of hydrogen-bond acceptors (Lipinski definition) is 6. The van der Waals surface area contributed by atoms with E-state index in [1.54, 1.807) is 48.5 Å². The molecule has 1 heterocycles. The van der Waals surface area contributed by atoms with Gasteiger partial charge >= 0.3 is 5.97 Å². The molecule has 148 valence electrons. The monoisotopic (exact) mass is 393 g/mol. The maximum absolute atomic E-state index is 12.6. The third kappa shape index (κ3) is 4.21. The maximum atomic E-state index is 12.6. The molecule has 8 nitrogen and oxygen atoms in total. The molecule has 0 saturated heterocycles. The van der Waals surface area contributed by atoms with Crippen LogP contribution in [0.5, 0.6) is 0 Å². The molecular formula is C21H19N3O5. The third-order valence-corrected chi connectivity index (χ3v) is 4.36. The summed E-state index contributed by atoms with van der Waals surface area (Å²) < 4.78 is 6.31. The fraction of sp³-hybridized carbons (Fsp3) is 0.190. The average molecular weight is 393 g/mol. The zero-order chi connectivity index (χ0) is 21.1. The van der Waals surface area contributed by atoms with Gasteiger partial charge in [0.05, 0.1) is 5.39 Å². The van der Waals surface area contributed by atoms with Crippen molar-refractivity contribution in [3.63, 3.8) is 0 Å². The molecule has 1 aromatic heterocycles. The molecule has 2 aromatic carbocycles. The van der Waals surface area contributed by atoms with Gasteiger partial charge in [0.25, 0.3) is 11.5 Å². The van der Waals surface area contributed by atoms with Crippen LogP contribution < -0.4 is 10.9 Å². The van der Waals surface area contributed by atoms with Gasteiger partial charge in [0.1, 0.15) is 0 Å². The van der Waals surface area contributed by atoms with Crippen molar-refractivity contribution in [2.45, 2.75) is 20.0 Å². The van der Waals surface area contributed by atoms with Gasteiger partial charge in [-0.2, -0.15) is 5.10 Å². The number of Topliss-reactive ketones (excluding diaryl/α,β-unsaturated/α-hetero) is 1. The van der Waals surface area contributed by atoms with Crippen LogP contribution in [0.2, 0.25) is 0 Å². The molecule has 1 N–H and O–H groups in total. The van der Waals surface area contributed by atoms with Crippen molar-refractivity contribution in [1.29, 1.82) is 0 Å². The van der Waals surface area contributed by atoms with E-state index in [1.165, 1.54) is 20.9 Å². The van der Waals surface area contributed by atoms with Gasteiger partial charge in [-0.05, 0) is 44.2 Å². The first kappa shape index (κ1) is 19.9. The highest BCUT2D eigenvalue weighted by Crippen LogP contribution is 2.15. The van der Waals surface area contributed by atoms with Gasteiger partial charge in [-0.15, -0.1) is 0 Å². The number of aromatic nitrogens is 2. The van der Waals surface area contributed by atoms with Crippen LogP contribution in [0.4, 0.5) is 5.69 Å². The first-order valence-corrected chi connectivity index (χ1v) is 8.87. The molecule has 1 amide bonds. The topological polar surface area (TPSA) is 107 Å². The van der Waals surface area contributed by atoms with Crippen molar-refractivity contribution in [3.8, 4) is 0 Å². The van der Waals surface area contributed by atoms with Gasteiger partial charge in [-0.25, -0.2) is 9.48 Å². The Morgan fingerprint density at radius 1 is 1.03 bits per heavy atom. The van der Waals surface area contributed by atoms with E-state index in [1.807, 2.05) is 0 Å². The van der Waals surface area contributed by atoms with Crippen LogP contribution in [0.15, 0.2) is 53.3 Å². The highest BCUT2D eigenvalue weighted by molar-refractivity contribution is 6.04. The van der Waals surface area contributed by atoms with Crippen molar-refractivity contribution >= 4 is 34.1 Å². The number of aryl methyl sites for hydroxylation is 1. The van der Waals surface area contributed by atoms with Crippen LogP contribution in [-0.2, 0) is 16.6 Å². The Kier molecular flexibility index (Phi) is 5.54. The lowest BCUT2D eigenvalue weighted by Crippen LogP contribution is -2.31. The summed E-state index contributed by atoms with van der Waals surface area (Å²) in [4.78, 5) is 48.4. The minimum Gasteiger partial charge on any atom is -0.448 e. The Morgan fingerprint density at radius 3 is 2.28 bits per heavy atom. The number of carbonyl (C=O) groups excluding carboxylic acids is 3. The minimum absolute atomic E-state index is 0.0480. The summed E-state index contributed by atoms with van der Waals surface area (Å²) in [6.45, 7) is 2.88. The second-order valence-corrected chi connectivity index (χ2v) is 6.49. The molecule has 0 aliphatic carbocycles. The summed E-state index contributed by atoms with van der Waals surface area (Å²) in [6, 6.07) is 12.9. The summed E-state index contributed by atoms with van der Waals surface area (Å²) in [5.74, 6) is -1.43. The van der Waals surface area contributed by atoms with Crippen LogP contribution in [0.1, 0.15) is 34.7 Å². The molecule has 0 unspecified atom stereocenters. The summed E-state index contributed by atoms with van der Waals surface area (Å²) in [5.41, 5.74) is 0.605. The number of esters is 1. The smallest absolute Gasteiger partial charge is 0.360 e. The summed E-state index contributed by atoms with van der Waals surface area (Å²) in [5, 5.41) is 7.30. The molecule has 1 atom stereocenters. The highest BCUT2D eigenvalue weighted by atomic mass is 16.5. The van der Waals surface area contributed by atoms with Gasteiger partial charge < -0.3 is 10.1 Å². The second kappa shape index (κ2) is 8.05. The number of hydrogen-bond donors (Lipinski definition) is 1. The Labute approximate surface area is 166 Å². The van der Waals surface area contributed by atoms with Gasteiger partial charge in [0.15, 0.2) is 17.6 Å². The van der Waals surface area contributed by atoms with E-state index in [0.717, 1.165) is 4.68 Å². The molecule has 29 heavy (non-hydrogen) atoms. The first-order chi connectivity index (χ1) is 13.8. The average Bonchev–Trinajstić information content (AvgIpc) is 2.71. The number of rotatable bonds is 5. The molecule has 0 bridgehead atoms. The van der Waals surface area contributed by atoms with E-state index in [9.17, 15) is 19.2 Å². The van der Waals surface area contributed by atoms with Crippen molar-refractivity contribution in [3.05, 3.63) is 70.1 Å². The van der Waals surface area contributed by atoms with Crippen LogP contribution >= 0.6 is 0 Å². The number of ketones is 1. The molecule has 3 aromatic rings. The number of carbonyl (C=O) groups is 3. The summed E-state index contributed by atoms with van der Waals surface area (Å²) in [6.07, 6.45) is -1.10. The number of nitrogens with zero attached hydrogens (tertiary/aromatic N) is 2. The van der Waals surface area contributed by atoms with Crippen LogP contribution in [-0.4, -0.2) is 33.5 Å². The minimum atomic E-state index is -1.10. The van der Waals surface area contributed by atoms with Gasteiger partial charge in [0, 0.05) is 23.7 Å². The van der Waals surface area contributed by atoms with Gasteiger partial charge in [-0.3, -0.25) is 14.4 Å². The number of nitrogens with one attached hydrogen (secondary N) is 1. The number of amides is 1. The lowest BCUT2D eigenvalue weighted by atomic mass is 10.1. The Morgan fingerprint density at radius 2 is 1.66 bits per heavy atom. The lowest BCUT2D eigenvalue weighted by molar-refractivity contribution is -0.123. The quantitative estimate of drug-likeness (QED) is 0.527. The summed E-state index contributed by atoms with van der Waals surface area (Å²) in [7, 11) is 1.44. The molecule has 0 radical (unpaired) electrons. The predicted octanol–water partition coefficient (Wildman–Crippen LogP) is 2.32. The third-order valence-electron chi connectivity index (χ3n) is 4.36. The second-order valence-electron chi connectivity index (χ2n) is 6.49. The van der Waals surface area contributed by atoms with Crippen molar-refractivity contribution in [2.24, 2.45) is 7.05 Å². The van der Waals surface area contributed by atoms with Crippen molar-refractivity contribution < 1.29 is 19.1 Å². The van der Waals surface area contributed by atoms with E-state index < -0.39 is 18.0 Å². The maximum Gasteiger partial charge on any atom is 0.360 e. The molecule has 0 fully saturated rings.